The van der Waals surface area contributed by atoms with E-state index < -0.39 is 11.6 Å². The van der Waals surface area contributed by atoms with Crippen LogP contribution in [-0.2, 0) is 14.3 Å². The number of esters is 1. The summed E-state index contributed by atoms with van der Waals surface area (Å²) in [5, 5.41) is 10.3. The first-order chi connectivity index (χ1) is 10.6. The summed E-state index contributed by atoms with van der Waals surface area (Å²) in [5.74, 6) is -0.743. The molecule has 0 fully saturated rings. The van der Waals surface area contributed by atoms with Gasteiger partial charge < -0.3 is 9.64 Å². The maximum Gasteiger partial charge on any atom is 0.308 e. The predicted molar refractivity (Wildman–Crippen MR) is 90.2 cm³/mol. The van der Waals surface area contributed by atoms with E-state index in [1.165, 1.54) is 6.42 Å². The van der Waals surface area contributed by atoms with E-state index in [1.807, 2.05) is 0 Å². The molecule has 0 unspecified atom stereocenters. The number of nitrogens with zero attached hydrogens (tertiary/aromatic N) is 2. The van der Waals surface area contributed by atoms with Crippen molar-refractivity contribution >= 4 is 11.9 Å². The molecule has 1 N–H and O–H groups in total. The molecule has 0 atom stereocenters. The largest absolute Gasteiger partial charge is 0.460 e. The summed E-state index contributed by atoms with van der Waals surface area (Å²) in [4.78, 5) is 25.4. The Hall–Kier alpha value is -1.14. The van der Waals surface area contributed by atoms with Crippen molar-refractivity contribution in [3.05, 3.63) is 0 Å². The smallest absolute Gasteiger partial charge is 0.308 e. The Morgan fingerprint density at radius 3 is 2.04 bits per heavy atom. The molecule has 0 aromatic heterocycles. The van der Waals surface area contributed by atoms with E-state index in [4.69, 9.17) is 4.74 Å². The van der Waals surface area contributed by atoms with Crippen LogP contribution in [0.5, 0.6) is 0 Å². The van der Waals surface area contributed by atoms with Crippen LogP contribution in [0, 0.1) is 0 Å². The van der Waals surface area contributed by atoms with Crippen LogP contribution in [0.15, 0.2) is 0 Å². The molecule has 6 nitrogen and oxygen atoms in total. The summed E-state index contributed by atoms with van der Waals surface area (Å²) in [6, 6.07) is 0. The van der Waals surface area contributed by atoms with Gasteiger partial charge in [0.05, 0.1) is 13.0 Å². The predicted octanol–water partition coefficient (Wildman–Crippen LogP) is 2.84. The second kappa shape index (κ2) is 11.4. The van der Waals surface area contributed by atoms with Crippen molar-refractivity contribution in [2.45, 2.75) is 71.3 Å². The summed E-state index contributed by atoms with van der Waals surface area (Å²) in [5.41, 5.74) is -0.548. The van der Waals surface area contributed by atoms with Gasteiger partial charge in [-0.05, 0) is 54.3 Å². The molecule has 0 heterocycles. The molecule has 0 bridgehead atoms. The van der Waals surface area contributed by atoms with Crippen molar-refractivity contribution in [1.29, 1.82) is 0 Å². The number of amides is 1. The third kappa shape index (κ3) is 14.2. The van der Waals surface area contributed by atoms with Crippen molar-refractivity contribution in [3.63, 3.8) is 0 Å². The van der Waals surface area contributed by atoms with Crippen molar-refractivity contribution in [3.8, 4) is 0 Å². The minimum Gasteiger partial charge on any atom is -0.460 e. The van der Waals surface area contributed by atoms with Gasteiger partial charge in [0.2, 0.25) is 5.91 Å². The van der Waals surface area contributed by atoms with Crippen molar-refractivity contribution in [1.82, 2.24) is 9.96 Å². The molecule has 0 aliphatic carbocycles. The summed E-state index contributed by atoms with van der Waals surface area (Å²) in [7, 11) is 4.12. The highest BCUT2D eigenvalue weighted by molar-refractivity contribution is 5.76. The average Bonchev–Trinajstić information content (AvgIpc) is 2.41. The summed E-state index contributed by atoms with van der Waals surface area (Å²) < 4.78 is 5.13. The zero-order valence-electron chi connectivity index (χ0n) is 15.4. The highest BCUT2D eigenvalue weighted by Gasteiger charge is 2.18. The van der Waals surface area contributed by atoms with Gasteiger partial charge in [-0.1, -0.05) is 19.3 Å². The fraction of sp³-hybridized carbons (Fsp3) is 0.882. The van der Waals surface area contributed by atoms with Gasteiger partial charge >= 0.3 is 5.97 Å². The molecule has 0 aromatic carbocycles. The van der Waals surface area contributed by atoms with Crippen molar-refractivity contribution < 1.29 is 19.5 Å². The summed E-state index contributed by atoms with van der Waals surface area (Å²) in [6.45, 7) is 6.42. The number of unbranched alkanes of at least 4 members (excludes halogenated alkanes) is 4. The van der Waals surface area contributed by atoms with E-state index in [1.54, 1.807) is 20.8 Å². The van der Waals surface area contributed by atoms with E-state index in [0.717, 1.165) is 32.2 Å². The van der Waals surface area contributed by atoms with Gasteiger partial charge in [0, 0.05) is 6.42 Å². The van der Waals surface area contributed by atoms with E-state index in [-0.39, 0.29) is 18.9 Å². The van der Waals surface area contributed by atoms with E-state index in [0.29, 0.717) is 11.5 Å². The first-order valence-electron chi connectivity index (χ1n) is 8.47. The average molecular weight is 330 g/mol. The Balaban J connectivity index is 3.68. The van der Waals surface area contributed by atoms with Gasteiger partial charge in [0.1, 0.15) is 5.60 Å². The SMILES string of the molecule is CN(C)CCCCCCCC(=O)N(O)CCC(=O)OC(C)(C)C. The molecule has 0 saturated heterocycles. The minimum atomic E-state index is -0.548. The van der Waals surface area contributed by atoms with Crippen LogP contribution in [0.3, 0.4) is 0 Å². The standard InChI is InChI=1S/C17H34N2O4/c1-17(2,3)23-16(21)12-14-19(22)15(20)11-9-7-6-8-10-13-18(4)5/h22H,6-14H2,1-5H3. The van der Waals surface area contributed by atoms with Gasteiger partial charge in [-0.2, -0.15) is 0 Å². The lowest BCUT2D eigenvalue weighted by molar-refractivity contribution is -0.170. The summed E-state index contributed by atoms with van der Waals surface area (Å²) >= 11 is 0. The van der Waals surface area contributed by atoms with Crippen molar-refractivity contribution in [2.24, 2.45) is 0 Å². The lowest BCUT2D eigenvalue weighted by Crippen LogP contribution is -2.31. The van der Waals surface area contributed by atoms with Crippen LogP contribution in [0.4, 0.5) is 0 Å². The van der Waals surface area contributed by atoms with E-state index in [9.17, 15) is 14.8 Å². The Morgan fingerprint density at radius 1 is 0.913 bits per heavy atom. The van der Waals surface area contributed by atoms with Gasteiger partial charge in [0.25, 0.3) is 0 Å². The lowest BCUT2D eigenvalue weighted by atomic mass is 10.1. The number of hydroxylamine groups is 2. The van der Waals surface area contributed by atoms with Crippen LogP contribution in [0.25, 0.3) is 0 Å². The van der Waals surface area contributed by atoms with Crippen LogP contribution in [0.2, 0.25) is 0 Å². The first-order valence-corrected chi connectivity index (χ1v) is 8.47. The van der Waals surface area contributed by atoms with Crippen LogP contribution < -0.4 is 0 Å². The molecule has 136 valence electrons. The molecule has 0 aromatic rings. The second-order valence-corrected chi connectivity index (χ2v) is 7.17. The monoisotopic (exact) mass is 330 g/mol. The number of rotatable bonds is 11. The maximum absolute atomic E-state index is 11.7. The molecule has 0 saturated carbocycles. The Kier molecular flexibility index (Phi) is 10.8. The molecule has 0 aliphatic rings. The molecular weight excluding hydrogens is 296 g/mol. The third-order valence-electron chi connectivity index (χ3n) is 3.23. The Labute approximate surface area is 140 Å². The number of carbonyl (C=O) groups is 2. The fourth-order valence-electron chi connectivity index (χ4n) is 2.08. The zero-order valence-corrected chi connectivity index (χ0v) is 15.4. The third-order valence-corrected chi connectivity index (χ3v) is 3.23. The lowest BCUT2D eigenvalue weighted by Gasteiger charge is -2.20. The quantitative estimate of drug-likeness (QED) is 0.273. The maximum atomic E-state index is 11.7. The minimum absolute atomic E-state index is 0.00401. The number of carbonyl (C=O) groups excluding carboxylic acids is 2. The van der Waals surface area contributed by atoms with Crippen molar-refractivity contribution in [2.75, 3.05) is 27.2 Å². The number of hydrogen-bond acceptors (Lipinski definition) is 5. The molecule has 0 rings (SSSR count). The van der Waals surface area contributed by atoms with Crippen LogP contribution >= 0.6 is 0 Å². The molecule has 0 aliphatic heterocycles. The highest BCUT2D eigenvalue weighted by Crippen LogP contribution is 2.10. The normalized spacial score (nSPS) is 11.6. The van der Waals surface area contributed by atoms with E-state index in [2.05, 4.69) is 19.0 Å². The molecule has 0 radical (unpaired) electrons. The first kappa shape index (κ1) is 21.9. The second-order valence-electron chi connectivity index (χ2n) is 7.17. The van der Waals surface area contributed by atoms with Gasteiger partial charge in [0.15, 0.2) is 0 Å². The molecule has 0 spiro atoms. The summed E-state index contributed by atoms with van der Waals surface area (Å²) in [6.07, 6.45) is 5.51. The van der Waals surface area contributed by atoms with Crippen LogP contribution in [0.1, 0.15) is 65.7 Å². The number of hydrogen-bond donors (Lipinski definition) is 1. The fourth-order valence-corrected chi connectivity index (χ4v) is 2.08. The Morgan fingerprint density at radius 2 is 1.48 bits per heavy atom. The molecule has 6 heteroatoms. The zero-order chi connectivity index (χ0) is 17.9. The molecular formula is C17H34N2O4. The van der Waals surface area contributed by atoms with Gasteiger partial charge in [-0.25, -0.2) is 5.06 Å². The molecule has 1 amide bonds. The van der Waals surface area contributed by atoms with E-state index >= 15 is 0 Å². The van der Waals surface area contributed by atoms with Gasteiger partial charge in [-0.15, -0.1) is 0 Å². The van der Waals surface area contributed by atoms with Crippen LogP contribution in [-0.4, -0.2) is 59.8 Å². The number of ether oxygens (including phenoxy) is 1. The van der Waals surface area contributed by atoms with Gasteiger partial charge in [-0.3, -0.25) is 14.8 Å². The Bertz CT molecular complexity index is 351. The highest BCUT2D eigenvalue weighted by atomic mass is 16.6. The topological polar surface area (TPSA) is 70.1 Å². The molecule has 23 heavy (non-hydrogen) atoms.